The van der Waals surface area contributed by atoms with Gasteiger partial charge in [0.1, 0.15) is 0 Å². The molecule has 1 heteroatoms. The third-order valence-corrected chi connectivity index (χ3v) is 4.55. The minimum atomic E-state index is 0.569. The van der Waals surface area contributed by atoms with E-state index in [1.54, 1.807) is 0 Å². The first-order valence-corrected chi connectivity index (χ1v) is 9.22. The third kappa shape index (κ3) is 6.64. The third-order valence-electron chi connectivity index (χ3n) is 4.55. The second-order valence-corrected chi connectivity index (χ2v) is 6.77. The van der Waals surface area contributed by atoms with Crippen LogP contribution in [0, 0.1) is 5.92 Å². The molecule has 0 heterocycles. The lowest BCUT2D eigenvalue weighted by Crippen LogP contribution is -2.14. The van der Waals surface area contributed by atoms with E-state index in [0.717, 1.165) is 31.5 Å². The lowest BCUT2D eigenvalue weighted by Gasteiger charge is -2.16. The summed E-state index contributed by atoms with van der Waals surface area (Å²) in [5.74, 6) is 0.569. The molecule has 0 fully saturated rings. The van der Waals surface area contributed by atoms with Crippen LogP contribution in [0.3, 0.4) is 0 Å². The topological polar surface area (TPSA) is 12.0 Å². The van der Waals surface area contributed by atoms with Gasteiger partial charge in [0.25, 0.3) is 0 Å². The van der Waals surface area contributed by atoms with Crippen molar-refractivity contribution < 1.29 is 0 Å². The SMILES string of the molecule is C=C(NCCCCC)c1cc(CCC(=C)C(C)C)ccc1CC. The molecule has 1 aromatic rings. The molecule has 0 aliphatic rings. The average molecular weight is 314 g/mol. The molecule has 0 unspecified atom stereocenters. The van der Waals surface area contributed by atoms with Crippen LogP contribution < -0.4 is 5.32 Å². The van der Waals surface area contributed by atoms with Crippen molar-refractivity contribution in [2.75, 3.05) is 6.54 Å². The van der Waals surface area contributed by atoms with Crippen molar-refractivity contribution in [2.45, 2.75) is 66.2 Å². The fourth-order valence-corrected chi connectivity index (χ4v) is 2.67. The van der Waals surface area contributed by atoms with Crippen LogP contribution in [0.1, 0.15) is 70.1 Å². The van der Waals surface area contributed by atoms with E-state index in [2.05, 4.69) is 64.4 Å². The van der Waals surface area contributed by atoms with Crippen molar-refractivity contribution in [3.63, 3.8) is 0 Å². The van der Waals surface area contributed by atoms with E-state index < -0.39 is 0 Å². The Morgan fingerprint density at radius 3 is 2.48 bits per heavy atom. The van der Waals surface area contributed by atoms with Crippen molar-refractivity contribution >= 4 is 5.70 Å². The lowest BCUT2D eigenvalue weighted by atomic mass is 9.94. The summed E-state index contributed by atoms with van der Waals surface area (Å²) in [4.78, 5) is 0. The van der Waals surface area contributed by atoms with Crippen LogP contribution in [0.15, 0.2) is 36.9 Å². The molecular formula is C22H35N. The molecule has 0 aliphatic heterocycles. The van der Waals surface area contributed by atoms with Gasteiger partial charge in [-0.1, -0.05) is 71.4 Å². The molecule has 0 bridgehead atoms. The van der Waals surface area contributed by atoms with Crippen LogP contribution in [-0.4, -0.2) is 6.54 Å². The molecule has 0 atom stereocenters. The van der Waals surface area contributed by atoms with Crippen molar-refractivity contribution in [1.29, 1.82) is 0 Å². The number of benzene rings is 1. The molecule has 0 saturated heterocycles. The van der Waals surface area contributed by atoms with E-state index in [1.165, 1.54) is 41.5 Å². The van der Waals surface area contributed by atoms with Gasteiger partial charge in [0, 0.05) is 17.8 Å². The Labute approximate surface area is 143 Å². The molecule has 128 valence electrons. The highest BCUT2D eigenvalue weighted by molar-refractivity contribution is 5.65. The fourth-order valence-electron chi connectivity index (χ4n) is 2.67. The van der Waals surface area contributed by atoms with Crippen LogP contribution in [-0.2, 0) is 12.8 Å². The molecule has 0 radical (unpaired) electrons. The zero-order valence-corrected chi connectivity index (χ0v) is 15.7. The number of aryl methyl sites for hydroxylation is 2. The molecule has 0 saturated carbocycles. The monoisotopic (exact) mass is 313 g/mol. The predicted molar refractivity (Wildman–Crippen MR) is 105 cm³/mol. The predicted octanol–water partition coefficient (Wildman–Crippen LogP) is 6.14. The normalized spacial score (nSPS) is 10.8. The minimum Gasteiger partial charge on any atom is -0.385 e. The summed E-state index contributed by atoms with van der Waals surface area (Å²) in [5, 5.41) is 3.51. The second-order valence-electron chi connectivity index (χ2n) is 6.77. The highest BCUT2D eigenvalue weighted by Gasteiger charge is 2.07. The lowest BCUT2D eigenvalue weighted by molar-refractivity contribution is 0.689. The van der Waals surface area contributed by atoms with Crippen molar-refractivity contribution in [2.24, 2.45) is 5.92 Å². The maximum atomic E-state index is 4.27. The minimum absolute atomic E-state index is 0.569. The van der Waals surface area contributed by atoms with Crippen LogP contribution in [0.25, 0.3) is 5.70 Å². The van der Waals surface area contributed by atoms with Crippen LogP contribution in [0.4, 0.5) is 0 Å². The number of rotatable bonds is 11. The molecule has 1 N–H and O–H groups in total. The first-order valence-electron chi connectivity index (χ1n) is 9.22. The van der Waals surface area contributed by atoms with Crippen LogP contribution >= 0.6 is 0 Å². The van der Waals surface area contributed by atoms with Crippen LogP contribution in [0.5, 0.6) is 0 Å². The molecule has 1 rings (SSSR count). The quantitative estimate of drug-likeness (QED) is 0.382. The van der Waals surface area contributed by atoms with E-state index in [0.29, 0.717) is 5.92 Å². The maximum absolute atomic E-state index is 4.27. The summed E-state index contributed by atoms with van der Waals surface area (Å²) in [7, 11) is 0. The summed E-state index contributed by atoms with van der Waals surface area (Å²) in [6, 6.07) is 6.85. The van der Waals surface area contributed by atoms with Gasteiger partial charge in [-0.15, -0.1) is 0 Å². The molecule has 23 heavy (non-hydrogen) atoms. The Kier molecular flexibility index (Phi) is 8.76. The van der Waals surface area contributed by atoms with E-state index in [4.69, 9.17) is 0 Å². The Balaban J connectivity index is 2.74. The standard InChI is InChI=1S/C22H35N/c1-7-9-10-15-23-19(6)22-16-20(13-14-21(22)8-2)12-11-18(5)17(3)4/h13-14,16-17,23H,5-12,15H2,1-4H3. The van der Waals surface area contributed by atoms with Crippen molar-refractivity contribution in [1.82, 2.24) is 5.32 Å². The first kappa shape index (κ1) is 19.5. The highest BCUT2D eigenvalue weighted by atomic mass is 14.9. The van der Waals surface area contributed by atoms with E-state index in [1.807, 2.05) is 0 Å². The zero-order valence-electron chi connectivity index (χ0n) is 15.7. The molecule has 0 aliphatic carbocycles. The average Bonchev–Trinajstić information content (AvgIpc) is 2.55. The van der Waals surface area contributed by atoms with Crippen molar-refractivity contribution in [3.05, 3.63) is 53.6 Å². The molecule has 0 aromatic heterocycles. The molecule has 0 amide bonds. The zero-order chi connectivity index (χ0) is 17.2. The van der Waals surface area contributed by atoms with E-state index in [-0.39, 0.29) is 0 Å². The highest BCUT2D eigenvalue weighted by Crippen LogP contribution is 2.22. The Morgan fingerprint density at radius 1 is 1.13 bits per heavy atom. The molecular weight excluding hydrogens is 278 g/mol. The summed E-state index contributed by atoms with van der Waals surface area (Å²) in [5.41, 5.74) is 6.46. The summed E-state index contributed by atoms with van der Waals surface area (Å²) in [6.07, 6.45) is 6.92. The summed E-state index contributed by atoms with van der Waals surface area (Å²) < 4.78 is 0. The Bertz CT molecular complexity index is 511. The molecule has 1 nitrogen and oxygen atoms in total. The van der Waals surface area contributed by atoms with Crippen LogP contribution in [0.2, 0.25) is 0 Å². The summed E-state index contributed by atoms with van der Waals surface area (Å²) >= 11 is 0. The van der Waals surface area contributed by atoms with Gasteiger partial charge < -0.3 is 5.32 Å². The van der Waals surface area contributed by atoms with Gasteiger partial charge in [0.2, 0.25) is 0 Å². The number of nitrogens with one attached hydrogen (secondary N) is 1. The van der Waals surface area contributed by atoms with Gasteiger partial charge in [0.15, 0.2) is 0 Å². The number of hydrogen-bond acceptors (Lipinski definition) is 1. The van der Waals surface area contributed by atoms with Gasteiger partial charge in [0.05, 0.1) is 0 Å². The smallest absolute Gasteiger partial charge is 0.0343 e. The largest absolute Gasteiger partial charge is 0.385 e. The second kappa shape index (κ2) is 10.3. The molecule has 0 spiro atoms. The van der Waals surface area contributed by atoms with Gasteiger partial charge in [-0.25, -0.2) is 0 Å². The number of unbranched alkanes of at least 4 members (excludes halogenated alkanes) is 2. The van der Waals surface area contributed by atoms with Crippen molar-refractivity contribution in [3.8, 4) is 0 Å². The van der Waals surface area contributed by atoms with Gasteiger partial charge >= 0.3 is 0 Å². The molecule has 1 aromatic carbocycles. The fraction of sp³-hybridized carbons (Fsp3) is 0.545. The number of hydrogen-bond donors (Lipinski definition) is 1. The van der Waals surface area contributed by atoms with Gasteiger partial charge in [-0.05, 0) is 48.8 Å². The van der Waals surface area contributed by atoms with Gasteiger partial charge in [-0.3, -0.25) is 0 Å². The Hall–Kier alpha value is -1.50. The Morgan fingerprint density at radius 2 is 1.87 bits per heavy atom. The maximum Gasteiger partial charge on any atom is 0.0343 e. The van der Waals surface area contributed by atoms with E-state index >= 15 is 0 Å². The first-order chi connectivity index (χ1) is 11.0. The van der Waals surface area contributed by atoms with E-state index in [9.17, 15) is 0 Å². The summed E-state index contributed by atoms with van der Waals surface area (Å²) in [6.45, 7) is 18.4. The van der Waals surface area contributed by atoms with Gasteiger partial charge in [-0.2, -0.15) is 0 Å². The number of allylic oxidation sites excluding steroid dienone is 1.